The number of aryl methyl sites for hydroxylation is 1. The fraction of sp³-hybridized carbons (Fsp3) is 0.200. The molecule has 0 saturated heterocycles. The predicted molar refractivity (Wildman–Crippen MR) is 103 cm³/mol. The SMILES string of the molecule is CCn1c(=O)c2cc(C=O)c(OC)cc2c2nnc3cc4c(cc3c21)OCO4. The molecule has 2 aromatic carbocycles. The first-order chi connectivity index (χ1) is 13.7. The van der Waals surface area contributed by atoms with Crippen LogP contribution in [0, 0.1) is 0 Å². The summed E-state index contributed by atoms with van der Waals surface area (Å²) < 4.78 is 17.9. The maximum atomic E-state index is 13.2. The molecule has 140 valence electrons. The molecule has 8 heteroatoms. The number of nitrogens with zero attached hydrogens (tertiary/aromatic N) is 3. The normalized spacial score (nSPS) is 12.8. The van der Waals surface area contributed by atoms with Gasteiger partial charge in [0.15, 0.2) is 17.8 Å². The molecule has 1 aliphatic rings. The number of aldehydes is 1. The summed E-state index contributed by atoms with van der Waals surface area (Å²) in [5.74, 6) is 1.58. The van der Waals surface area contributed by atoms with Gasteiger partial charge in [-0.1, -0.05) is 0 Å². The molecule has 8 nitrogen and oxygen atoms in total. The first-order valence-electron chi connectivity index (χ1n) is 8.75. The average molecular weight is 377 g/mol. The lowest BCUT2D eigenvalue weighted by atomic mass is 10.0. The van der Waals surface area contributed by atoms with E-state index in [-0.39, 0.29) is 12.4 Å². The molecule has 5 rings (SSSR count). The summed E-state index contributed by atoms with van der Waals surface area (Å²) >= 11 is 0. The van der Waals surface area contributed by atoms with Crippen LogP contribution in [-0.4, -0.2) is 35.0 Å². The summed E-state index contributed by atoms with van der Waals surface area (Å²) in [6.07, 6.45) is 0.672. The third-order valence-corrected chi connectivity index (χ3v) is 5.04. The summed E-state index contributed by atoms with van der Waals surface area (Å²) in [5.41, 5.74) is 1.92. The van der Waals surface area contributed by atoms with E-state index >= 15 is 0 Å². The van der Waals surface area contributed by atoms with Crippen molar-refractivity contribution in [3.63, 3.8) is 0 Å². The Kier molecular flexibility index (Phi) is 3.48. The molecular weight excluding hydrogens is 362 g/mol. The standard InChI is InChI=1S/C20H15N3O5/c1-3-23-19-13-6-16-17(28-9-27-16)7-14(13)21-22-18(19)11-5-15(26-2)10(8-24)4-12(11)20(23)25/h4-8H,3,9H2,1-2H3. The molecule has 0 saturated carbocycles. The lowest BCUT2D eigenvalue weighted by Crippen LogP contribution is -2.21. The third-order valence-electron chi connectivity index (χ3n) is 5.04. The summed E-state index contributed by atoms with van der Waals surface area (Å²) in [7, 11) is 1.48. The number of aromatic nitrogens is 3. The Morgan fingerprint density at radius 3 is 2.61 bits per heavy atom. The first kappa shape index (κ1) is 16.5. The predicted octanol–water partition coefficient (Wildman–Crippen LogP) is 2.67. The molecule has 0 bridgehead atoms. The lowest BCUT2D eigenvalue weighted by Gasteiger charge is -2.14. The Morgan fingerprint density at radius 1 is 1.11 bits per heavy atom. The van der Waals surface area contributed by atoms with Crippen LogP contribution in [0.2, 0.25) is 0 Å². The fourth-order valence-corrected chi connectivity index (χ4v) is 3.72. The monoisotopic (exact) mass is 377 g/mol. The van der Waals surface area contributed by atoms with Gasteiger partial charge in [0, 0.05) is 23.4 Å². The smallest absolute Gasteiger partial charge is 0.259 e. The molecule has 0 aliphatic carbocycles. The van der Waals surface area contributed by atoms with Gasteiger partial charge in [-0.05, 0) is 25.1 Å². The number of carbonyl (C=O) groups excluding carboxylic acids is 1. The summed E-state index contributed by atoms with van der Waals surface area (Å²) in [6, 6.07) is 6.79. The molecule has 0 amide bonds. The Hall–Kier alpha value is -3.68. The van der Waals surface area contributed by atoms with Crippen LogP contribution in [0.5, 0.6) is 17.2 Å². The van der Waals surface area contributed by atoms with Crippen molar-refractivity contribution in [1.82, 2.24) is 14.8 Å². The number of hydrogen-bond donors (Lipinski definition) is 0. The molecule has 0 spiro atoms. The van der Waals surface area contributed by atoms with Crippen LogP contribution < -0.4 is 19.8 Å². The molecule has 0 atom stereocenters. The zero-order valence-electron chi connectivity index (χ0n) is 15.2. The number of hydrogen-bond acceptors (Lipinski definition) is 7. The van der Waals surface area contributed by atoms with Crippen LogP contribution in [0.3, 0.4) is 0 Å². The fourth-order valence-electron chi connectivity index (χ4n) is 3.72. The molecule has 0 unspecified atom stereocenters. The zero-order valence-corrected chi connectivity index (χ0v) is 15.2. The molecule has 28 heavy (non-hydrogen) atoms. The zero-order chi connectivity index (χ0) is 19.4. The maximum Gasteiger partial charge on any atom is 0.259 e. The quantitative estimate of drug-likeness (QED) is 0.400. The number of ether oxygens (including phenoxy) is 3. The van der Waals surface area contributed by atoms with Crippen LogP contribution in [0.25, 0.3) is 32.7 Å². The van der Waals surface area contributed by atoms with Gasteiger partial charge >= 0.3 is 0 Å². The van der Waals surface area contributed by atoms with Crippen molar-refractivity contribution in [2.75, 3.05) is 13.9 Å². The molecule has 2 aromatic heterocycles. The number of carbonyl (C=O) groups is 1. The Balaban J connectivity index is 2.02. The minimum atomic E-state index is -0.206. The highest BCUT2D eigenvalue weighted by Gasteiger charge is 2.21. The van der Waals surface area contributed by atoms with Crippen molar-refractivity contribution in [2.45, 2.75) is 13.5 Å². The van der Waals surface area contributed by atoms with Gasteiger partial charge in [0.2, 0.25) is 6.79 Å². The van der Waals surface area contributed by atoms with E-state index < -0.39 is 0 Å². The van der Waals surface area contributed by atoms with Crippen molar-refractivity contribution in [3.05, 3.63) is 40.2 Å². The second-order valence-electron chi connectivity index (χ2n) is 6.43. The van der Waals surface area contributed by atoms with Crippen molar-refractivity contribution in [2.24, 2.45) is 0 Å². The third kappa shape index (κ3) is 2.11. The number of rotatable bonds is 3. The van der Waals surface area contributed by atoms with Crippen molar-refractivity contribution >= 4 is 39.0 Å². The summed E-state index contributed by atoms with van der Waals surface area (Å²) in [4.78, 5) is 24.6. The number of pyridine rings is 1. The topological polar surface area (TPSA) is 92.5 Å². The van der Waals surface area contributed by atoms with Crippen LogP contribution in [0.15, 0.2) is 29.1 Å². The highest BCUT2D eigenvalue weighted by atomic mass is 16.7. The van der Waals surface area contributed by atoms with Crippen molar-refractivity contribution in [3.8, 4) is 17.2 Å². The highest BCUT2D eigenvalue weighted by Crippen LogP contribution is 2.38. The molecule has 0 radical (unpaired) electrons. The van der Waals surface area contributed by atoms with Crippen LogP contribution in [0.1, 0.15) is 17.3 Å². The number of fused-ring (bicyclic) bond motifs is 6. The van der Waals surface area contributed by atoms with Gasteiger partial charge in [-0.3, -0.25) is 9.59 Å². The van der Waals surface area contributed by atoms with E-state index in [1.807, 2.05) is 13.0 Å². The minimum Gasteiger partial charge on any atom is -0.496 e. The van der Waals surface area contributed by atoms with Gasteiger partial charge < -0.3 is 18.8 Å². The Labute approximate surface area is 158 Å². The molecule has 1 aliphatic heterocycles. The maximum absolute atomic E-state index is 13.2. The van der Waals surface area contributed by atoms with Crippen LogP contribution in [-0.2, 0) is 6.54 Å². The van der Waals surface area contributed by atoms with Crippen LogP contribution in [0.4, 0.5) is 0 Å². The molecular formula is C20H15N3O5. The molecule has 4 aromatic rings. The van der Waals surface area contributed by atoms with Gasteiger partial charge in [0.25, 0.3) is 5.56 Å². The average Bonchev–Trinajstić information content (AvgIpc) is 3.18. The molecule has 0 fully saturated rings. The highest BCUT2D eigenvalue weighted by molar-refractivity contribution is 6.13. The van der Waals surface area contributed by atoms with E-state index in [1.54, 1.807) is 22.8 Å². The van der Waals surface area contributed by atoms with Gasteiger partial charge in [-0.15, -0.1) is 10.2 Å². The largest absolute Gasteiger partial charge is 0.496 e. The Bertz CT molecular complexity index is 1360. The lowest BCUT2D eigenvalue weighted by molar-refractivity contribution is 0.112. The van der Waals surface area contributed by atoms with E-state index in [2.05, 4.69) is 10.2 Å². The second-order valence-corrected chi connectivity index (χ2v) is 6.43. The second kappa shape index (κ2) is 5.91. The van der Waals surface area contributed by atoms with E-state index in [0.29, 0.717) is 63.0 Å². The van der Waals surface area contributed by atoms with E-state index in [4.69, 9.17) is 14.2 Å². The van der Waals surface area contributed by atoms with Crippen LogP contribution >= 0.6 is 0 Å². The molecule has 0 N–H and O–H groups in total. The summed E-state index contributed by atoms with van der Waals surface area (Å²) in [6.45, 7) is 2.46. The minimum absolute atomic E-state index is 0.145. The van der Waals surface area contributed by atoms with E-state index in [9.17, 15) is 9.59 Å². The molecule has 3 heterocycles. The number of methoxy groups -OCH3 is 1. The van der Waals surface area contributed by atoms with E-state index in [0.717, 1.165) is 5.39 Å². The van der Waals surface area contributed by atoms with Crippen molar-refractivity contribution < 1.29 is 19.0 Å². The first-order valence-corrected chi connectivity index (χ1v) is 8.75. The van der Waals surface area contributed by atoms with Gasteiger partial charge in [-0.25, -0.2) is 0 Å². The van der Waals surface area contributed by atoms with Crippen molar-refractivity contribution in [1.29, 1.82) is 0 Å². The van der Waals surface area contributed by atoms with Gasteiger partial charge in [0.1, 0.15) is 11.3 Å². The summed E-state index contributed by atoms with van der Waals surface area (Å²) in [5, 5.41) is 10.4. The van der Waals surface area contributed by atoms with E-state index in [1.165, 1.54) is 7.11 Å². The Morgan fingerprint density at radius 2 is 1.89 bits per heavy atom. The van der Waals surface area contributed by atoms with Gasteiger partial charge in [0.05, 0.1) is 29.1 Å². The number of benzene rings is 2. The van der Waals surface area contributed by atoms with Gasteiger partial charge in [-0.2, -0.15) is 0 Å².